The number of alkyl halides is 2. The molecule has 0 aliphatic heterocycles. The van der Waals surface area contributed by atoms with Crippen molar-refractivity contribution in [2.45, 2.75) is 54.0 Å². The summed E-state index contributed by atoms with van der Waals surface area (Å²) in [6.45, 7) is 2.22. The van der Waals surface area contributed by atoms with Crippen LogP contribution in [0.1, 0.15) is 39.0 Å². The highest BCUT2D eigenvalue weighted by atomic mass is 35.5. The van der Waals surface area contributed by atoms with Gasteiger partial charge < -0.3 is 0 Å². The molecule has 0 aliphatic carbocycles. The van der Waals surface area contributed by atoms with E-state index in [0.717, 1.165) is 6.42 Å². The Bertz CT molecular complexity index is 290. The Morgan fingerprint density at radius 2 is 1.76 bits per heavy atom. The van der Waals surface area contributed by atoms with Crippen molar-refractivity contribution in [1.29, 1.82) is 0 Å². The van der Waals surface area contributed by atoms with E-state index in [0.29, 0.717) is 0 Å². The summed E-state index contributed by atoms with van der Waals surface area (Å²) >= 11 is 14.3. The van der Waals surface area contributed by atoms with E-state index in [9.17, 15) is 0 Å². The van der Waals surface area contributed by atoms with Crippen molar-refractivity contribution in [3.63, 3.8) is 0 Å². The number of unbranched alkanes of at least 4 members (excludes halogenated alkanes) is 3. The summed E-state index contributed by atoms with van der Waals surface area (Å²) in [6, 6.07) is 10.2. The van der Waals surface area contributed by atoms with Gasteiger partial charge in [-0.25, -0.2) is 0 Å². The minimum atomic E-state index is -0.0410. The second kappa shape index (κ2) is 9.13. The zero-order valence-electron chi connectivity index (χ0n) is 10.2. The molecule has 2 unspecified atom stereocenters. The quantitative estimate of drug-likeness (QED) is 0.325. The number of hydrogen-bond acceptors (Lipinski definition) is 1. The molecule has 1 aromatic rings. The lowest BCUT2D eigenvalue weighted by atomic mass is 10.1. The molecule has 17 heavy (non-hydrogen) atoms. The molecule has 0 saturated carbocycles. The molecule has 0 bridgehead atoms. The molecule has 1 aromatic carbocycles. The Labute approximate surface area is 119 Å². The molecule has 0 radical (unpaired) electrons. The minimum Gasteiger partial charge on any atom is -0.120 e. The first kappa shape index (κ1) is 15.2. The van der Waals surface area contributed by atoms with Gasteiger partial charge in [0.1, 0.15) is 0 Å². The Morgan fingerprint density at radius 1 is 1.06 bits per heavy atom. The summed E-state index contributed by atoms with van der Waals surface area (Å²) in [7, 11) is 0. The highest BCUT2D eigenvalue weighted by Crippen LogP contribution is 2.32. The lowest BCUT2D eigenvalue weighted by Gasteiger charge is -2.15. The maximum absolute atomic E-state index is 6.31. The molecule has 1 rings (SSSR count). The average Bonchev–Trinajstić information content (AvgIpc) is 2.35. The molecule has 0 nitrogen and oxygen atoms in total. The van der Waals surface area contributed by atoms with Gasteiger partial charge in [-0.15, -0.1) is 35.0 Å². The summed E-state index contributed by atoms with van der Waals surface area (Å²) in [5.74, 6) is 0. The van der Waals surface area contributed by atoms with Crippen molar-refractivity contribution in [1.82, 2.24) is 0 Å². The van der Waals surface area contributed by atoms with Crippen molar-refractivity contribution >= 4 is 35.0 Å². The molecule has 0 saturated heterocycles. The fourth-order valence-corrected chi connectivity index (χ4v) is 3.20. The van der Waals surface area contributed by atoms with E-state index in [2.05, 4.69) is 19.1 Å². The second-order valence-corrected chi connectivity index (χ2v) is 6.65. The van der Waals surface area contributed by atoms with Gasteiger partial charge in [0.05, 0.1) is 10.1 Å². The molecule has 0 aromatic heterocycles. The van der Waals surface area contributed by atoms with Crippen molar-refractivity contribution in [2.24, 2.45) is 0 Å². The largest absolute Gasteiger partial charge is 0.120 e. The van der Waals surface area contributed by atoms with Gasteiger partial charge >= 0.3 is 0 Å². The summed E-state index contributed by atoms with van der Waals surface area (Å²) < 4.78 is -0.0410. The smallest absolute Gasteiger partial charge is 0.0998 e. The molecule has 0 heterocycles. The summed E-state index contributed by atoms with van der Waals surface area (Å²) in [5, 5.41) is 0.0544. The van der Waals surface area contributed by atoms with Crippen molar-refractivity contribution in [3.8, 4) is 0 Å². The SMILES string of the molecule is CCCCCCC(Cl)C(Cl)Sc1ccccc1. The Morgan fingerprint density at radius 3 is 2.41 bits per heavy atom. The lowest BCUT2D eigenvalue weighted by molar-refractivity contribution is 0.625. The zero-order chi connectivity index (χ0) is 12.5. The Balaban J connectivity index is 2.24. The van der Waals surface area contributed by atoms with E-state index in [1.54, 1.807) is 11.8 Å². The van der Waals surface area contributed by atoms with Gasteiger partial charge in [-0.05, 0) is 18.6 Å². The predicted octanol–water partition coefficient (Wildman–Crippen LogP) is 5.92. The average molecular weight is 291 g/mol. The van der Waals surface area contributed by atoms with Crippen LogP contribution >= 0.6 is 35.0 Å². The van der Waals surface area contributed by atoms with Crippen LogP contribution in [0, 0.1) is 0 Å². The van der Waals surface area contributed by atoms with Gasteiger partial charge in [-0.1, -0.05) is 50.8 Å². The topological polar surface area (TPSA) is 0 Å². The van der Waals surface area contributed by atoms with Gasteiger partial charge in [0.15, 0.2) is 0 Å². The minimum absolute atomic E-state index is 0.0410. The van der Waals surface area contributed by atoms with Crippen LogP contribution in [-0.2, 0) is 0 Å². The summed E-state index contributed by atoms with van der Waals surface area (Å²) in [4.78, 5) is 1.19. The van der Waals surface area contributed by atoms with Crippen LogP contribution in [0.15, 0.2) is 35.2 Å². The molecule has 0 fully saturated rings. The van der Waals surface area contributed by atoms with E-state index in [1.807, 2.05) is 18.2 Å². The molecule has 3 heteroatoms. The number of benzene rings is 1. The first-order valence-electron chi connectivity index (χ1n) is 6.24. The highest BCUT2D eigenvalue weighted by Gasteiger charge is 2.17. The van der Waals surface area contributed by atoms with Gasteiger partial charge in [0.2, 0.25) is 0 Å². The van der Waals surface area contributed by atoms with Gasteiger partial charge in [-0.3, -0.25) is 0 Å². The third-order valence-electron chi connectivity index (χ3n) is 2.61. The van der Waals surface area contributed by atoms with Crippen LogP contribution in [0.5, 0.6) is 0 Å². The summed E-state index contributed by atoms with van der Waals surface area (Å²) in [6.07, 6.45) is 6.01. The Hall–Kier alpha value is 0.150. The van der Waals surface area contributed by atoms with Crippen LogP contribution in [0.4, 0.5) is 0 Å². The maximum atomic E-state index is 6.31. The molecular formula is C14H20Cl2S. The molecule has 0 N–H and O–H groups in total. The molecule has 96 valence electrons. The third-order valence-corrected chi connectivity index (χ3v) is 5.03. The number of rotatable bonds is 8. The van der Waals surface area contributed by atoms with E-state index in [1.165, 1.54) is 30.6 Å². The molecule has 0 spiro atoms. The van der Waals surface area contributed by atoms with E-state index < -0.39 is 0 Å². The van der Waals surface area contributed by atoms with Gasteiger partial charge in [0.25, 0.3) is 0 Å². The first-order chi connectivity index (χ1) is 8.24. The van der Waals surface area contributed by atoms with E-state index >= 15 is 0 Å². The normalized spacial score (nSPS) is 14.5. The predicted molar refractivity (Wildman–Crippen MR) is 80.3 cm³/mol. The fraction of sp³-hybridized carbons (Fsp3) is 0.571. The highest BCUT2D eigenvalue weighted by molar-refractivity contribution is 8.01. The molecule has 2 atom stereocenters. The second-order valence-electron chi connectivity index (χ2n) is 4.15. The van der Waals surface area contributed by atoms with Gasteiger partial charge in [0, 0.05) is 4.90 Å². The maximum Gasteiger partial charge on any atom is 0.0998 e. The molecule has 0 aliphatic rings. The van der Waals surface area contributed by atoms with Crippen LogP contribution in [-0.4, -0.2) is 10.1 Å². The van der Waals surface area contributed by atoms with Crippen molar-refractivity contribution in [3.05, 3.63) is 30.3 Å². The van der Waals surface area contributed by atoms with Crippen LogP contribution in [0.2, 0.25) is 0 Å². The number of hydrogen-bond donors (Lipinski definition) is 0. The monoisotopic (exact) mass is 290 g/mol. The van der Waals surface area contributed by atoms with E-state index in [4.69, 9.17) is 23.2 Å². The fourth-order valence-electron chi connectivity index (χ4n) is 1.60. The zero-order valence-corrected chi connectivity index (χ0v) is 12.6. The standard InChI is InChI=1S/C14H20Cl2S/c1-2-3-4-8-11-13(15)14(16)17-12-9-6-5-7-10-12/h5-7,9-10,13-14H,2-4,8,11H2,1H3. The first-order valence-corrected chi connectivity index (χ1v) is 7.99. The third kappa shape index (κ3) is 6.59. The summed E-state index contributed by atoms with van der Waals surface area (Å²) in [5.41, 5.74) is 0. The molecular weight excluding hydrogens is 271 g/mol. The van der Waals surface area contributed by atoms with Crippen molar-refractivity contribution < 1.29 is 0 Å². The van der Waals surface area contributed by atoms with Gasteiger partial charge in [-0.2, -0.15) is 0 Å². The number of thioether (sulfide) groups is 1. The number of halogens is 2. The van der Waals surface area contributed by atoms with E-state index in [-0.39, 0.29) is 10.1 Å². The van der Waals surface area contributed by atoms with Crippen LogP contribution in [0.25, 0.3) is 0 Å². The van der Waals surface area contributed by atoms with Crippen LogP contribution < -0.4 is 0 Å². The molecule has 0 amide bonds. The lowest BCUT2D eigenvalue weighted by Crippen LogP contribution is -2.10. The van der Waals surface area contributed by atoms with Crippen molar-refractivity contribution in [2.75, 3.05) is 0 Å². The Kier molecular flexibility index (Phi) is 8.17. The van der Waals surface area contributed by atoms with Crippen LogP contribution in [0.3, 0.4) is 0 Å².